The Labute approximate surface area is 114 Å². The summed E-state index contributed by atoms with van der Waals surface area (Å²) in [4.78, 5) is 8.37. The summed E-state index contributed by atoms with van der Waals surface area (Å²) in [5.41, 5.74) is 1.63. The molecular weight excluding hydrogens is 262 g/mol. The SMILES string of the molecule is FC(F)c1cc[nH]n1.c1ccc(-c2ccccn2)nc1. The highest BCUT2D eigenvalue weighted by Crippen LogP contribution is 2.13. The van der Waals surface area contributed by atoms with Crippen LogP contribution in [0, 0.1) is 0 Å². The van der Waals surface area contributed by atoms with Crippen molar-refractivity contribution in [2.45, 2.75) is 6.43 Å². The van der Waals surface area contributed by atoms with E-state index in [0.29, 0.717) is 0 Å². The van der Waals surface area contributed by atoms with Gasteiger partial charge in [0.1, 0.15) is 5.69 Å². The van der Waals surface area contributed by atoms with Gasteiger partial charge in [0.05, 0.1) is 11.4 Å². The van der Waals surface area contributed by atoms with Gasteiger partial charge in [0, 0.05) is 18.6 Å². The number of aromatic nitrogens is 4. The van der Waals surface area contributed by atoms with Gasteiger partial charge in [-0.15, -0.1) is 0 Å². The van der Waals surface area contributed by atoms with Gasteiger partial charge in [0.25, 0.3) is 6.43 Å². The molecule has 20 heavy (non-hydrogen) atoms. The number of nitrogens with one attached hydrogen (secondary N) is 1. The molecule has 0 atom stereocenters. The molecule has 0 saturated carbocycles. The summed E-state index contributed by atoms with van der Waals surface area (Å²) < 4.78 is 23.0. The summed E-state index contributed by atoms with van der Waals surface area (Å²) in [6, 6.07) is 12.8. The number of pyridine rings is 2. The monoisotopic (exact) mass is 274 g/mol. The van der Waals surface area contributed by atoms with Crippen molar-refractivity contribution in [2.24, 2.45) is 0 Å². The van der Waals surface area contributed by atoms with E-state index in [9.17, 15) is 8.78 Å². The third-order valence-electron chi connectivity index (χ3n) is 2.34. The summed E-state index contributed by atoms with van der Waals surface area (Å²) in [6.45, 7) is 0. The highest BCUT2D eigenvalue weighted by atomic mass is 19.3. The molecule has 3 aromatic heterocycles. The van der Waals surface area contributed by atoms with E-state index in [-0.39, 0.29) is 5.69 Å². The predicted molar refractivity (Wildman–Crippen MR) is 71.0 cm³/mol. The van der Waals surface area contributed by atoms with Crippen molar-refractivity contribution in [2.75, 3.05) is 0 Å². The fourth-order valence-electron chi connectivity index (χ4n) is 1.42. The molecule has 3 heterocycles. The molecule has 0 amide bonds. The van der Waals surface area contributed by atoms with Crippen LogP contribution in [0.4, 0.5) is 8.78 Å². The minimum absolute atomic E-state index is 0.204. The van der Waals surface area contributed by atoms with Crippen LogP contribution < -0.4 is 0 Å². The van der Waals surface area contributed by atoms with Crippen LogP contribution in [0.15, 0.2) is 61.1 Å². The minimum atomic E-state index is -2.46. The lowest BCUT2D eigenvalue weighted by molar-refractivity contribution is 0.146. The maximum absolute atomic E-state index is 11.5. The van der Waals surface area contributed by atoms with Gasteiger partial charge >= 0.3 is 0 Å². The largest absolute Gasteiger partial charge is 0.285 e. The second kappa shape index (κ2) is 7.08. The Morgan fingerprint density at radius 2 is 1.45 bits per heavy atom. The van der Waals surface area contributed by atoms with Gasteiger partial charge in [0.2, 0.25) is 0 Å². The highest BCUT2D eigenvalue weighted by molar-refractivity contribution is 5.52. The van der Waals surface area contributed by atoms with Crippen molar-refractivity contribution >= 4 is 0 Å². The molecule has 0 unspecified atom stereocenters. The van der Waals surface area contributed by atoms with Crippen LogP contribution in [0.3, 0.4) is 0 Å². The molecule has 0 fully saturated rings. The van der Waals surface area contributed by atoms with Crippen LogP contribution in [0.1, 0.15) is 12.1 Å². The van der Waals surface area contributed by atoms with Gasteiger partial charge < -0.3 is 0 Å². The van der Waals surface area contributed by atoms with E-state index in [2.05, 4.69) is 20.2 Å². The Bertz CT molecular complexity index is 560. The van der Waals surface area contributed by atoms with E-state index in [1.807, 2.05) is 36.4 Å². The topological polar surface area (TPSA) is 54.5 Å². The van der Waals surface area contributed by atoms with E-state index in [1.54, 1.807) is 12.4 Å². The second-order valence-corrected chi connectivity index (χ2v) is 3.73. The van der Waals surface area contributed by atoms with Crippen molar-refractivity contribution in [3.8, 4) is 11.4 Å². The zero-order valence-electron chi connectivity index (χ0n) is 10.4. The van der Waals surface area contributed by atoms with E-state index >= 15 is 0 Å². The zero-order chi connectivity index (χ0) is 14.2. The van der Waals surface area contributed by atoms with Gasteiger partial charge in [-0.2, -0.15) is 5.10 Å². The lowest BCUT2D eigenvalue weighted by Crippen LogP contribution is -1.83. The highest BCUT2D eigenvalue weighted by Gasteiger charge is 2.06. The standard InChI is InChI=1S/C10H8N2.C4H4F2N2/c1-3-7-11-9(5-1)10-6-2-4-8-12-10;5-4(6)3-1-2-7-8-3/h1-8H;1-2,4H,(H,7,8). The van der Waals surface area contributed by atoms with Crippen LogP contribution in [-0.2, 0) is 0 Å². The van der Waals surface area contributed by atoms with Gasteiger partial charge in [-0.25, -0.2) is 8.78 Å². The van der Waals surface area contributed by atoms with Gasteiger partial charge in [0.15, 0.2) is 0 Å². The number of hydrogen-bond donors (Lipinski definition) is 1. The third kappa shape index (κ3) is 3.94. The average molecular weight is 274 g/mol. The lowest BCUT2D eigenvalue weighted by atomic mass is 10.2. The number of alkyl halides is 2. The van der Waals surface area contributed by atoms with Gasteiger partial charge in [-0.1, -0.05) is 12.1 Å². The predicted octanol–water partition coefficient (Wildman–Crippen LogP) is 3.49. The molecule has 3 aromatic rings. The molecule has 4 nitrogen and oxygen atoms in total. The van der Waals surface area contributed by atoms with E-state index in [4.69, 9.17) is 0 Å². The maximum Gasteiger partial charge on any atom is 0.282 e. The average Bonchev–Trinajstić information content (AvgIpc) is 3.04. The van der Waals surface area contributed by atoms with Crippen molar-refractivity contribution < 1.29 is 8.78 Å². The van der Waals surface area contributed by atoms with Gasteiger partial charge in [-0.05, 0) is 30.3 Å². The fourth-order valence-corrected chi connectivity index (χ4v) is 1.42. The first-order valence-electron chi connectivity index (χ1n) is 5.87. The lowest BCUT2D eigenvalue weighted by Gasteiger charge is -1.96. The molecule has 0 spiro atoms. The Morgan fingerprint density at radius 1 is 0.850 bits per heavy atom. The van der Waals surface area contributed by atoms with Gasteiger partial charge in [-0.3, -0.25) is 15.1 Å². The Morgan fingerprint density at radius 3 is 1.75 bits per heavy atom. The number of hydrogen-bond acceptors (Lipinski definition) is 3. The zero-order valence-corrected chi connectivity index (χ0v) is 10.4. The maximum atomic E-state index is 11.5. The van der Waals surface area contributed by atoms with Crippen LogP contribution in [0.25, 0.3) is 11.4 Å². The third-order valence-corrected chi connectivity index (χ3v) is 2.34. The number of aromatic amines is 1. The molecule has 3 rings (SSSR count). The van der Waals surface area contributed by atoms with Crippen molar-refractivity contribution in [1.29, 1.82) is 0 Å². The molecule has 0 bridgehead atoms. The second-order valence-electron chi connectivity index (χ2n) is 3.73. The molecule has 0 saturated heterocycles. The molecule has 0 aliphatic carbocycles. The first-order chi connectivity index (χ1) is 9.77. The molecule has 1 N–H and O–H groups in total. The number of halogens is 2. The first-order valence-corrected chi connectivity index (χ1v) is 5.87. The Balaban J connectivity index is 0.000000160. The molecule has 102 valence electrons. The molecule has 0 aliphatic rings. The summed E-state index contributed by atoms with van der Waals surface area (Å²) in [5, 5.41) is 5.52. The molecule has 0 radical (unpaired) electrons. The molecule has 0 aliphatic heterocycles. The molecule has 0 aromatic carbocycles. The quantitative estimate of drug-likeness (QED) is 0.778. The van der Waals surface area contributed by atoms with E-state index < -0.39 is 6.43 Å². The number of rotatable bonds is 2. The molecule has 6 heteroatoms. The smallest absolute Gasteiger partial charge is 0.282 e. The fraction of sp³-hybridized carbons (Fsp3) is 0.0714. The number of nitrogens with zero attached hydrogens (tertiary/aromatic N) is 3. The summed E-state index contributed by atoms with van der Waals surface area (Å²) in [5.74, 6) is 0. The number of H-pyrrole nitrogens is 1. The van der Waals surface area contributed by atoms with Crippen LogP contribution in [0.5, 0.6) is 0 Å². The van der Waals surface area contributed by atoms with E-state index in [0.717, 1.165) is 11.4 Å². The summed E-state index contributed by atoms with van der Waals surface area (Å²) >= 11 is 0. The van der Waals surface area contributed by atoms with Crippen LogP contribution in [-0.4, -0.2) is 20.2 Å². The van der Waals surface area contributed by atoms with Crippen molar-refractivity contribution in [3.63, 3.8) is 0 Å². The van der Waals surface area contributed by atoms with Crippen LogP contribution >= 0.6 is 0 Å². The summed E-state index contributed by atoms with van der Waals surface area (Å²) in [7, 11) is 0. The Kier molecular flexibility index (Phi) is 4.88. The van der Waals surface area contributed by atoms with Crippen LogP contribution in [0.2, 0.25) is 0 Å². The summed E-state index contributed by atoms with van der Waals surface area (Å²) in [6.07, 6.45) is 2.44. The minimum Gasteiger partial charge on any atom is -0.285 e. The van der Waals surface area contributed by atoms with E-state index in [1.165, 1.54) is 12.3 Å². The van der Waals surface area contributed by atoms with Crippen molar-refractivity contribution in [3.05, 3.63) is 66.7 Å². The molecular formula is C14H12F2N4. The Hall–Kier alpha value is -2.63. The normalized spacial score (nSPS) is 9.95. The van der Waals surface area contributed by atoms with Crippen molar-refractivity contribution in [1.82, 2.24) is 20.2 Å². The first kappa shape index (κ1) is 13.8.